The second-order valence-electron chi connectivity index (χ2n) is 9.63. The van der Waals surface area contributed by atoms with E-state index in [-0.39, 0.29) is 46.1 Å². The number of nitrogens with zero attached hydrogens (tertiary/aromatic N) is 5. The molecule has 0 spiro atoms. The van der Waals surface area contributed by atoms with E-state index in [1.807, 2.05) is 30.9 Å². The fourth-order valence-corrected chi connectivity index (χ4v) is 7.58. The maximum atomic E-state index is 14.2. The molecule has 3 aromatic rings. The van der Waals surface area contributed by atoms with E-state index >= 15 is 0 Å². The third-order valence-electron chi connectivity index (χ3n) is 7.10. The van der Waals surface area contributed by atoms with Crippen molar-refractivity contribution in [1.82, 2.24) is 19.4 Å². The predicted octanol–water partition coefficient (Wildman–Crippen LogP) is 5.07. The van der Waals surface area contributed by atoms with Crippen molar-refractivity contribution >= 4 is 50.3 Å². The Hall–Kier alpha value is -2.86. The Kier molecular flexibility index (Phi) is 7.06. The lowest BCUT2D eigenvalue weighted by Gasteiger charge is -2.44. The number of anilines is 1. The topological polar surface area (TPSA) is 71.3 Å². The van der Waals surface area contributed by atoms with Crippen LogP contribution in [0.1, 0.15) is 30.9 Å². The summed E-state index contributed by atoms with van der Waals surface area (Å²) in [6.45, 7) is 8.20. The summed E-state index contributed by atoms with van der Waals surface area (Å²) in [5.74, 6) is 0.339. The molecule has 7 nitrogen and oxygen atoms in total. The van der Waals surface area contributed by atoms with Crippen LogP contribution in [0.15, 0.2) is 57.4 Å². The van der Waals surface area contributed by atoms with Crippen LogP contribution in [0, 0.1) is 0 Å². The molecule has 1 saturated heterocycles. The molecule has 3 atom stereocenters. The van der Waals surface area contributed by atoms with Crippen molar-refractivity contribution in [1.29, 1.82) is 0 Å². The highest BCUT2D eigenvalue weighted by Crippen LogP contribution is 2.47. The zero-order valence-electron chi connectivity index (χ0n) is 20.7. The summed E-state index contributed by atoms with van der Waals surface area (Å²) in [5.41, 5.74) is 0.0464. The first kappa shape index (κ1) is 26.7. The number of rotatable bonds is 3. The zero-order valence-corrected chi connectivity index (χ0v) is 23.1. The van der Waals surface area contributed by atoms with Crippen LogP contribution >= 0.6 is 27.7 Å². The Labute approximate surface area is 229 Å². The minimum Gasteiger partial charge on any atom is -0.352 e. The summed E-state index contributed by atoms with van der Waals surface area (Å²) in [5, 5.41) is 0.265. The van der Waals surface area contributed by atoms with E-state index in [0.717, 1.165) is 11.6 Å². The van der Waals surface area contributed by atoms with Crippen LogP contribution in [-0.4, -0.2) is 56.3 Å². The second-order valence-corrected chi connectivity index (χ2v) is 11.5. The lowest BCUT2D eigenvalue weighted by atomic mass is 10.0. The van der Waals surface area contributed by atoms with Gasteiger partial charge in [-0.25, -0.2) is 4.79 Å². The van der Waals surface area contributed by atoms with Crippen molar-refractivity contribution in [3.63, 3.8) is 0 Å². The Morgan fingerprint density at radius 1 is 1.18 bits per heavy atom. The maximum absolute atomic E-state index is 14.2. The van der Waals surface area contributed by atoms with Gasteiger partial charge in [-0.15, -0.1) is 11.8 Å². The molecule has 4 heterocycles. The van der Waals surface area contributed by atoms with Gasteiger partial charge in [-0.2, -0.15) is 18.2 Å². The van der Waals surface area contributed by atoms with E-state index < -0.39 is 17.4 Å². The molecule has 0 N–H and O–H groups in total. The molecule has 0 bridgehead atoms. The summed E-state index contributed by atoms with van der Waals surface area (Å²) in [4.78, 5) is 38.2. The lowest BCUT2D eigenvalue weighted by molar-refractivity contribution is -0.138. The molecule has 38 heavy (non-hydrogen) atoms. The molecular formula is C26H25BrF3N5O2S. The van der Waals surface area contributed by atoms with Crippen LogP contribution in [0.5, 0.6) is 0 Å². The minimum absolute atomic E-state index is 0.0775. The molecule has 0 radical (unpaired) electrons. The quantitative estimate of drug-likeness (QED) is 0.387. The van der Waals surface area contributed by atoms with Crippen molar-refractivity contribution in [2.75, 3.05) is 23.7 Å². The largest absolute Gasteiger partial charge is 0.417 e. The van der Waals surface area contributed by atoms with Gasteiger partial charge in [-0.3, -0.25) is 14.3 Å². The van der Waals surface area contributed by atoms with Crippen LogP contribution in [0.3, 0.4) is 0 Å². The normalized spacial score (nSPS) is 21.9. The van der Waals surface area contributed by atoms with E-state index in [2.05, 4.69) is 32.5 Å². The van der Waals surface area contributed by atoms with Gasteiger partial charge >= 0.3 is 11.9 Å². The average molecular weight is 608 g/mol. The number of carbonyl (C=O) groups excluding carboxylic acids is 1. The summed E-state index contributed by atoms with van der Waals surface area (Å²) in [6.07, 6.45) is -0.0410. The number of carbonyl (C=O) groups is 1. The fourth-order valence-electron chi connectivity index (χ4n) is 5.45. The first-order valence-electron chi connectivity index (χ1n) is 12.1. The second kappa shape index (κ2) is 10.0. The van der Waals surface area contributed by atoms with Gasteiger partial charge in [-0.1, -0.05) is 6.58 Å². The predicted molar refractivity (Wildman–Crippen MR) is 145 cm³/mol. The number of pyridine rings is 1. The van der Waals surface area contributed by atoms with Gasteiger partial charge in [0.05, 0.1) is 11.1 Å². The highest BCUT2D eigenvalue weighted by Gasteiger charge is 2.39. The van der Waals surface area contributed by atoms with E-state index in [1.54, 1.807) is 17.3 Å². The van der Waals surface area contributed by atoms with Gasteiger partial charge in [0.15, 0.2) is 0 Å². The zero-order chi connectivity index (χ0) is 27.4. The van der Waals surface area contributed by atoms with Crippen molar-refractivity contribution in [3.8, 4) is 0 Å². The number of hydrogen-bond donors (Lipinski definition) is 0. The molecular weight excluding hydrogens is 583 g/mol. The molecule has 5 rings (SSSR count). The summed E-state index contributed by atoms with van der Waals surface area (Å²) < 4.78 is 44.0. The van der Waals surface area contributed by atoms with Crippen LogP contribution < -0.4 is 10.6 Å². The summed E-state index contributed by atoms with van der Waals surface area (Å²) in [7, 11) is 0. The number of alkyl halides is 3. The Balaban J connectivity index is 1.70. The van der Waals surface area contributed by atoms with Gasteiger partial charge in [0.1, 0.15) is 5.82 Å². The van der Waals surface area contributed by atoms with E-state index in [0.29, 0.717) is 29.3 Å². The van der Waals surface area contributed by atoms with E-state index in [4.69, 9.17) is 0 Å². The van der Waals surface area contributed by atoms with Crippen LogP contribution in [0.2, 0.25) is 0 Å². The van der Waals surface area contributed by atoms with Crippen molar-refractivity contribution in [2.24, 2.45) is 0 Å². The van der Waals surface area contributed by atoms with Crippen LogP contribution in [-0.2, 0) is 17.5 Å². The first-order valence-corrected chi connectivity index (χ1v) is 13.9. The van der Waals surface area contributed by atoms with Gasteiger partial charge in [0.2, 0.25) is 5.91 Å². The molecule has 2 aliphatic rings. The van der Waals surface area contributed by atoms with E-state index in [1.165, 1.54) is 22.4 Å². The molecule has 200 valence electrons. The van der Waals surface area contributed by atoms with Gasteiger partial charge in [0.25, 0.3) is 0 Å². The molecule has 2 aromatic heterocycles. The molecule has 0 saturated carbocycles. The number of piperazine rings is 1. The smallest absolute Gasteiger partial charge is 0.352 e. The molecule has 0 aliphatic carbocycles. The van der Waals surface area contributed by atoms with Crippen molar-refractivity contribution in [3.05, 3.63) is 69.3 Å². The summed E-state index contributed by atoms with van der Waals surface area (Å²) in [6, 6.07) is 4.27. The molecule has 0 unspecified atom stereocenters. The molecule has 1 fully saturated rings. The number of thioether (sulfide) groups is 1. The fraction of sp³-hybridized carbons (Fsp3) is 0.385. The highest BCUT2D eigenvalue weighted by atomic mass is 79.9. The minimum atomic E-state index is -4.62. The molecule has 1 amide bonds. The summed E-state index contributed by atoms with van der Waals surface area (Å²) >= 11 is 4.52. The Bertz CT molecular complexity index is 1470. The van der Waals surface area contributed by atoms with Crippen molar-refractivity contribution in [2.45, 2.75) is 49.5 Å². The number of halogens is 4. The number of aromatic nitrogens is 3. The van der Waals surface area contributed by atoms with Crippen LogP contribution in [0.25, 0.3) is 10.9 Å². The standard InChI is InChI=1S/C26H25BrF3N5O2S/c1-4-20(36)35-14(2)10-33(11-15(35)3)24-18-9-19(26(28,29)30)21(27)23-22(18)34(25(37)32-24)12-17(13-38-23)16-5-7-31-8-6-16/h4-9,14-15,17H,1,10-13H2,2-3H3/t14-,15+,17-/m0/s1. The maximum Gasteiger partial charge on any atom is 0.417 e. The van der Waals surface area contributed by atoms with Crippen molar-refractivity contribution < 1.29 is 18.0 Å². The van der Waals surface area contributed by atoms with Gasteiger partial charge in [0, 0.05) is 70.5 Å². The number of amides is 1. The Morgan fingerprint density at radius 2 is 1.84 bits per heavy atom. The number of hydrogen-bond acceptors (Lipinski definition) is 6. The molecule has 1 aromatic carbocycles. The van der Waals surface area contributed by atoms with Crippen LogP contribution in [0.4, 0.5) is 19.0 Å². The SMILES string of the molecule is C=CC(=O)N1[C@H](C)CN(c2nc(=O)n3c4c(c(Br)c(C(F)(F)F)cc24)SC[C@@H](c2ccncc2)C3)C[C@@H]1C. The lowest BCUT2D eigenvalue weighted by Crippen LogP contribution is -2.58. The third-order valence-corrected chi connectivity index (χ3v) is 9.44. The van der Waals surface area contributed by atoms with Gasteiger partial charge < -0.3 is 9.80 Å². The first-order chi connectivity index (χ1) is 18.0. The number of benzene rings is 1. The van der Waals surface area contributed by atoms with E-state index in [9.17, 15) is 22.8 Å². The monoisotopic (exact) mass is 607 g/mol. The third kappa shape index (κ3) is 4.61. The van der Waals surface area contributed by atoms with Gasteiger partial charge in [-0.05, 0) is 59.6 Å². The average Bonchev–Trinajstić information content (AvgIpc) is 3.08. The highest BCUT2D eigenvalue weighted by molar-refractivity contribution is 9.10. The molecule has 2 aliphatic heterocycles. The molecule has 12 heteroatoms. The Morgan fingerprint density at radius 3 is 2.45 bits per heavy atom.